The van der Waals surface area contributed by atoms with Gasteiger partial charge in [0.15, 0.2) is 11.7 Å². The largest absolute Gasteiger partial charge is 0.481 e. The molecule has 152 valence electrons. The van der Waals surface area contributed by atoms with E-state index in [1.807, 2.05) is 44.4 Å². The van der Waals surface area contributed by atoms with E-state index in [0.29, 0.717) is 0 Å². The molecule has 3 aromatic rings. The average Bonchev–Trinajstić information content (AvgIpc) is 3.15. The lowest BCUT2D eigenvalue weighted by atomic mass is 10.1. The molecule has 29 heavy (non-hydrogen) atoms. The summed E-state index contributed by atoms with van der Waals surface area (Å²) in [6, 6.07) is 18.4. The number of carboxylic acid groups (broad SMARTS) is 1. The second kappa shape index (κ2) is 9.92. The molecule has 0 aliphatic carbocycles. The summed E-state index contributed by atoms with van der Waals surface area (Å²) in [6.07, 6.45) is 4.54. The van der Waals surface area contributed by atoms with Crippen LogP contribution in [0, 0.1) is 0 Å². The number of carboxylic acids is 1. The van der Waals surface area contributed by atoms with E-state index in [9.17, 15) is 4.79 Å². The lowest BCUT2D eigenvalue weighted by molar-refractivity contribution is -0.137. The van der Waals surface area contributed by atoms with Crippen molar-refractivity contribution in [2.24, 2.45) is 0 Å². The highest BCUT2D eigenvalue weighted by Crippen LogP contribution is 2.34. The lowest BCUT2D eigenvalue weighted by Crippen LogP contribution is -2.07. The minimum atomic E-state index is -0.727. The second-order valence-electron chi connectivity index (χ2n) is 7.40. The van der Waals surface area contributed by atoms with E-state index in [0.717, 1.165) is 66.3 Å². The van der Waals surface area contributed by atoms with Gasteiger partial charge in [-0.3, -0.25) is 4.79 Å². The molecule has 0 saturated carbocycles. The topological polar surface area (TPSA) is 66.6 Å². The summed E-state index contributed by atoms with van der Waals surface area (Å²) in [7, 11) is 4.04. The van der Waals surface area contributed by atoms with Crippen molar-refractivity contribution in [3.8, 4) is 22.6 Å². The fourth-order valence-electron chi connectivity index (χ4n) is 3.28. The van der Waals surface area contributed by atoms with E-state index < -0.39 is 5.97 Å². The van der Waals surface area contributed by atoms with Crippen LogP contribution < -0.4 is 4.90 Å². The van der Waals surface area contributed by atoms with Gasteiger partial charge in [-0.2, -0.15) is 0 Å². The second-order valence-corrected chi connectivity index (χ2v) is 7.40. The molecule has 0 amide bonds. The van der Waals surface area contributed by atoms with Gasteiger partial charge in [-0.05, 0) is 37.1 Å². The Balaban J connectivity index is 1.76. The molecule has 1 heterocycles. The summed E-state index contributed by atoms with van der Waals surface area (Å²) in [5, 5.41) is 8.72. The Morgan fingerprint density at radius 2 is 1.62 bits per heavy atom. The fourth-order valence-corrected chi connectivity index (χ4v) is 3.28. The molecule has 0 atom stereocenters. The van der Waals surface area contributed by atoms with Crippen LogP contribution in [0.25, 0.3) is 22.6 Å². The summed E-state index contributed by atoms with van der Waals surface area (Å²) < 4.78 is 6.18. The van der Waals surface area contributed by atoms with E-state index in [1.165, 1.54) is 0 Å². The first-order valence-corrected chi connectivity index (χ1v) is 10.1. The van der Waals surface area contributed by atoms with Crippen LogP contribution in [0.5, 0.6) is 0 Å². The first kappa shape index (κ1) is 20.6. The molecule has 0 saturated heterocycles. The SMILES string of the molecule is CN(C)c1ccc(-c2oc(CCCCCCC(=O)O)nc2-c2ccccc2)cc1. The van der Waals surface area contributed by atoms with Crippen molar-refractivity contribution < 1.29 is 14.3 Å². The van der Waals surface area contributed by atoms with Gasteiger partial charge < -0.3 is 14.4 Å². The number of aryl methyl sites for hydroxylation is 1. The zero-order valence-electron chi connectivity index (χ0n) is 17.1. The van der Waals surface area contributed by atoms with Crippen LogP contribution in [0.2, 0.25) is 0 Å². The molecular formula is C24H28N2O3. The molecule has 0 aliphatic rings. The molecule has 1 aromatic heterocycles. The molecule has 5 heteroatoms. The van der Waals surface area contributed by atoms with Crippen molar-refractivity contribution in [2.45, 2.75) is 38.5 Å². The minimum absolute atomic E-state index is 0.240. The highest BCUT2D eigenvalue weighted by Gasteiger charge is 2.17. The van der Waals surface area contributed by atoms with Gasteiger partial charge in [-0.25, -0.2) is 4.98 Å². The normalized spacial score (nSPS) is 10.8. The van der Waals surface area contributed by atoms with Crippen LogP contribution in [0.3, 0.4) is 0 Å². The van der Waals surface area contributed by atoms with Crippen LogP contribution in [0.4, 0.5) is 5.69 Å². The molecule has 0 unspecified atom stereocenters. The Morgan fingerprint density at radius 3 is 2.28 bits per heavy atom. The number of aliphatic carboxylic acids is 1. The van der Waals surface area contributed by atoms with Crippen molar-refractivity contribution in [2.75, 3.05) is 19.0 Å². The van der Waals surface area contributed by atoms with Gasteiger partial charge in [0.2, 0.25) is 0 Å². The third-order valence-corrected chi connectivity index (χ3v) is 4.90. The maximum Gasteiger partial charge on any atom is 0.303 e. The Hall–Kier alpha value is -3.08. The fraction of sp³-hybridized carbons (Fsp3) is 0.333. The minimum Gasteiger partial charge on any atom is -0.481 e. The molecule has 1 N–H and O–H groups in total. The van der Waals surface area contributed by atoms with E-state index in [-0.39, 0.29) is 6.42 Å². The molecule has 0 fully saturated rings. The standard InChI is InChI=1S/C24H28N2O3/c1-26(2)20-16-14-19(15-17-20)24-23(18-10-6-5-7-11-18)25-21(29-24)12-8-3-4-9-13-22(27)28/h5-7,10-11,14-17H,3-4,8-9,12-13H2,1-2H3,(H,27,28). The van der Waals surface area contributed by atoms with E-state index in [4.69, 9.17) is 14.5 Å². The average molecular weight is 392 g/mol. The van der Waals surface area contributed by atoms with Gasteiger partial charge in [-0.1, -0.05) is 43.2 Å². The summed E-state index contributed by atoms with van der Waals surface area (Å²) in [4.78, 5) is 17.5. The number of benzene rings is 2. The number of rotatable bonds is 10. The number of hydrogen-bond acceptors (Lipinski definition) is 4. The lowest BCUT2D eigenvalue weighted by Gasteiger charge is -2.12. The van der Waals surface area contributed by atoms with Gasteiger partial charge in [0.1, 0.15) is 5.69 Å². The molecule has 0 bridgehead atoms. The number of nitrogens with zero attached hydrogens (tertiary/aromatic N) is 2. The van der Waals surface area contributed by atoms with Gasteiger partial charge >= 0.3 is 5.97 Å². The predicted molar refractivity (Wildman–Crippen MR) is 116 cm³/mol. The molecule has 0 radical (unpaired) electrons. The Kier molecular flexibility index (Phi) is 7.06. The highest BCUT2D eigenvalue weighted by atomic mass is 16.4. The van der Waals surface area contributed by atoms with Crippen LogP contribution in [0.15, 0.2) is 59.0 Å². The van der Waals surface area contributed by atoms with Crippen molar-refractivity contribution >= 4 is 11.7 Å². The van der Waals surface area contributed by atoms with E-state index in [1.54, 1.807) is 0 Å². The summed E-state index contributed by atoms with van der Waals surface area (Å²) in [6.45, 7) is 0. The molecule has 0 spiro atoms. The van der Waals surface area contributed by atoms with Crippen molar-refractivity contribution in [3.05, 3.63) is 60.5 Å². The van der Waals surface area contributed by atoms with Gasteiger partial charge in [0.25, 0.3) is 0 Å². The number of oxazole rings is 1. The van der Waals surface area contributed by atoms with Crippen molar-refractivity contribution in [1.29, 1.82) is 0 Å². The van der Waals surface area contributed by atoms with Crippen molar-refractivity contribution in [1.82, 2.24) is 4.98 Å². The molecular weight excluding hydrogens is 364 g/mol. The van der Waals surface area contributed by atoms with Gasteiger partial charge in [-0.15, -0.1) is 0 Å². The van der Waals surface area contributed by atoms with Crippen LogP contribution >= 0.6 is 0 Å². The van der Waals surface area contributed by atoms with Crippen LogP contribution in [-0.4, -0.2) is 30.2 Å². The smallest absolute Gasteiger partial charge is 0.303 e. The van der Waals surface area contributed by atoms with Gasteiger partial charge in [0.05, 0.1) is 0 Å². The number of unbranched alkanes of at least 4 members (excludes halogenated alkanes) is 3. The summed E-state index contributed by atoms with van der Waals surface area (Å²) in [5.41, 5.74) is 4.05. The zero-order chi connectivity index (χ0) is 20.6. The van der Waals surface area contributed by atoms with Crippen LogP contribution in [-0.2, 0) is 11.2 Å². The predicted octanol–water partition coefficient (Wildman–Crippen LogP) is 5.65. The molecule has 0 aliphatic heterocycles. The quantitative estimate of drug-likeness (QED) is 0.452. The first-order valence-electron chi connectivity index (χ1n) is 10.1. The first-order chi connectivity index (χ1) is 14.0. The third kappa shape index (κ3) is 5.70. The van der Waals surface area contributed by atoms with Crippen LogP contribution in [0.1, 0.15) is 38.0 Å². The number of hydrogen-bond donors (Lipinski definition) is 1. The van der Waals surface area contributed by atoms with E-state index >= 15 is 0 Å². The number of carbonyl (C=O) groups is 1. The Bertz CT molecular complexity index is 915. The zero-order valence-corrected chi connectivity index (χ0v) is 17.1. The Morgan fingerprint density at radius 1 is 0.931 bits per heavy atom. The molecule has 2 aromatic carbocycles. The summed E-state index contributed by atoms with van der Waals surface area (Å²) in [5.74, 6) is 0.797. The monoisotopic (exact) mass is 392 g/mol. The molecule has 5 nitrogen and oxygen atoms in total. The highest BCUT2D eigenvalue weighted by molar-refractivity contribution is 5.77. The summed E-state index contributed by atoms with van der Waals surface area (Å²) >= 11 is 0. The maximum atomic E-state index is 10.6. The van der Waals surface area contributed by atoms with Gasteiger partial charge in [0, 0.05) is 43.8 Å². The number of aromatic nitrogens is 1. The number of anilines is 1. The Labute approximate surface area is 172 Å². The third-order valence-electron chi connectivity index (χ3n) is 4.90. The maximum absolute atomic E-state index is 10.6. The van der Waals surface area contributed by atoms with E-state index in [2.05, 4.69) is 29.2 Å². The molecule has 3 rings (SSSR count). The van der Waals surface area contributed by atoms with Crippen molar-refractivity contribution in [3.63, 3.8) is 0 Å².